The number of carbonyl (C=O) groups is 2. The first-order valence-electron chi connectivity index (χ1n) is 18.0. The summed E-state index contributed by atoms with van der Waals surface area (Å²) in [5.41, 5.74) is 2.02. The first kappa shape index (κ1) is 40.3. The van der Waals surface area contributed by atoms with Crippen molar-refractivity contribution in [1.82, 2.24) is 0 Å². The second-order valence-electron chi connectivity index (χ2n) is 12.6. The number of ether oxygens (including phenoxy) is 8. The average Bonchev–Trinajstić information content (AvgIpc) is 3.18. The van der Waals surface area contributed by atoms with Crippen LogP contribution in [0.3, 0.4) is 0 Å². The molecule has 0 spiro atoms. The molecule has 10 nitrogen and oxygen atoms in total. The molecule has 1 aliphatic rings. The molecule has 54 heavy (non-hydrogen) atoms. The Labute approximate surface area is 314 Å². The van der Waals surface area contributed by atoms with Gasteiger partial charge in [0, 0.05) is 37.5 Å². The zero-order valence-corrected chi connectivity index (χ0v) is 30.6. The minimum Gasteiger partial charge on any atom is -0.491 e. The molecule has 4 aromatic carbocycles. The Bertz CT molecular complexity index is 1640. The van der Waals surface area contributed by atoms with Crippen molar-refractivity contribution in [2.45, 2.75) is 25.7 Å². The van der Waals surface area contributed by atoms with Gasteiger partial charge in [0.05, 0.1) is 51.5 Å². The molecule has 12 heteroatoms. The fraction of sp³-hybridized carbons (Fsp3) is 0.381. The molecule has 0 amide bonds. The zero-order chi connectivity index (χ0) is 38.1. The highest BCUT2D eigenvalue weighted by atomic mass is 19.1. The van der Waals surface area contributed by atoms with E-state index in [0.29, 0.717) is 111 Å². The Kier molecular flexibility index (Phi) is 15.8. The predicted octanol–water partition coefficient (Wildman–Crippen LogP) is 7.70. The summed E-state index contributed by atoms with van der Waals surface area (Å²) in [5.74, 6) is -0.839. The molecule has 0 heterocycles. The molecule has 288 valence electrons. The Hall–Kier alpha value is -4.88. The summed E-state index contributed by atoms with van der Waals surface area (Å²) in [4.78, 5) is 25.9. The highest BCUT2D eigenvalue weighted by Gasteiger charge is 2.32. The summed E-state index contributed by atoms with van der Waals surface area (Å²) in [6.07, 6.45) is 1.92. The van der Waals surface area contributed by atoms with E-state index in [0.717, 1.165) is 0 Å². The molecule has 4 aromatic rings. The standard InChI is InChI=1S/C42H46F2O10/c1-47-19-21-49-23-25-51-35-15-17-37(39(43)27-35)29-7-11-33(12-8-29)53-41(45)31-3-5-32(6-4-31)42(46)54-34-13-9-30(10-14-34)38-18-16-36(28-40(38)44)52-26-24-50-22-20-48-2/h7-18,27-28,31-32H,3-6,19-26H2,1-2H3/t31-,32-. The number of halogens is 2. The third-order valence-electron chi connectivity index (χ3n) is 8.90. The van der Waals surface area contributed by atoms with Crippen LogP contribution in [-0.2, 0) is 28.5 Å². The number of carbonyl (C=O) groups excluding carboxylic acids is 2. The molecule has 0 saturated heterocycles. The fourth-order valence-electron chi connectivity index (χ4n) is 5.93. The van der Waals surface area contributed by atoms with Crippen LogP contribution in [0, 0.1) is 23.5 Å². The van der Waals surface area contributed by atoms with E-state index < -0.39 is 11.6 Å². The van der Waals surface area contributed by atoms with Crippen molar-refractivity contribution < 1.29 is 56.3 Å². The van der Waals surface area contributed by atoms with E-state index in [2.05, 4.69) is 0 Å². The van der Waals surface area contributed by atoms with Crippen LogP contribution in [0.4, 0.5) is 8.78 Å². The molecule has 0 radical (unpaired) electrons. The van der Waals surface area contributed by atoms with Crippen LogP contribution in [0.1, 0.15) is 25.7 Å². The maximum atomic E-state index is 14.9. The van der Waals surface area contributed by atoms with Crippen LogP contribution < -0.4 is 18.9 Å². The lowest BCUT2D eigenvalue weighted by molar-refractivity contribution is -0.145. The first-order valence-corrected chi connectivity index (χ1v) is 18.0. The molecule has 1 aliphatic carbocycles. The molecule has 0 bridgehead atoms. The van der Waals surface area contributed by atoms with Crippen LogP contribution in [0.2, 0.25) is 0 Å². The minimum absolute atomic E-state index is 0.287. The van der Waals surface area contributed by atoms with Crippen LogP contribution in [0.5, 0.6) is 23.0 Å². The van der Waals surface area contributed by atoms with Gasteiger partial charge in [0.2, 0.25) is 0 Å². The van der Waals surface area contributed by atoms with Gasteiger partial charge in [-0.3, -0.25) is 9.59 Å². The SMILES string of the molecule is COCCOCCOc1ccc(-c2ccc(OC(=O)[C@H]3CC[C@H](C(=O)Oc4ccc(-c5ccc(OCCOCCOC)cc5F)cc4)CC3)cc2)c(F)c1. The van der Waals surface area contributed by atoms with Gasteiger partial charge in [0.15, 0.2) is 0 Å². The molecule has 0 atom stereocenters. The first-order chi connectivity index (χ1) is 26.3. The lowest BCUT2D eigenvalue weighted by Crippen LogP contribution is -2.30. The van der Waals surface area contributed by atoms with Crippen molar-refractivity contribution in [2.24, 2.45) is 11.8 Å². The van der Waals surface area contributed by atoms with Crippen LogP contribution in [0.25, 0.3) is 22.3 Å². The van der Waals surface area contributed by atoms with Gasteiger partial charge in [0.1, 0.15) is 47.8 Å². The van der Waals surface area contributed by atoms with Crippen molar-refractivity contribution in [3.63, 3.8) is 0 Å². The van der Waals surface area contributed by atoms with E-state index in [9.17, 15) is 18.4 Å². The number of methoxy groups -OCH3 is 2. The van der Waals surface area contributed by atoms with E-state index >= 15 is 0 Å². The Morgan fingerprint density at radius 1 is 0.500 bits per heavy atom. The maximum absolute atomic E-state index is 14.9. The van der Waals surface area contributed by atoms with Crippen molar-refractivity contribution in [2.75, 3.05) is 67.1 Å². The highest BCUT2D eigenvalue weighted by Crippen LogP contribution is 2.33. The monoisotopic (exact) mass is 748 g/mol. The van der Waals surface area contributed by atoms with E-state index in [1.54, 1.807) is 87.0 Å². The van der Waals surface area contributed by atoms with Crippen molar-refractivity contribution in [1.29, 1.82) is 0 Å². The van der Waals surface area contributed by atoms with Crippen LogP contribution in [-0.4, -0.2) is 79.0 Å². The van der Waals surface area contributed by atoms with E-state index in [1.807, 2.05) is 0 Å². The van der Waals surface area contributed by atoms with Gasteiger partial charge in [-0.2, -0.15) is 0 Å². The molecule has 0 N–H and O–H groups in total. The summed E-state index contributed by atoms with van der Waals surface area (Å²) in [5, 5.41) is 0. The molecular weight excluding hydrogens is 702 g/mol. The second-order valence-corrected chi connectivity index (χ2v) is 12.6. The maximum Gasteiger partial charge on any atom is 0.314 e. The molecule has 0 unspecified atom stereocenters. The lowest BCUT2D eigenvalue weighted by atomic mass is 9.82. The molecule has 5 rings (SSSR count). The number of rotatable bonds is 20. The summed E-state index contributed by atoms with van der Waals surface area (Å²) in [6, 6.07) is 22.6. The number of esters is 2. The largest absolute Gasteiger partial charge is 0.491 e. The highest BCUT2D eigenvalue weighted by molar-refractivity contribution is 5.78. The normalized spacial score (nSPS) is 15.4. The summed E-state index contributed by atoms with van der Waals surface area (Å²) in [7, 11) is 3.19. The van der Waals surface area contributed by atoms with Gasteiger partial charge in [-0.15, -0.1) is 0 Å². The summed E-state index contributed by atoms with van der Waals surface area (Å²) < 4.78 is 72.7. The fourth-order valence-corrected chi connectivity index (χ4v) is 5.93. The minimum atomic E-state index is -0.440. The molecular formula is C42H46F2O10. The van der Waals surface area contributed by atoms with Crippen molar-refractivity contribution in [3.8, 4) is 45.3 Å². The smallest absolute Gasteiger partial charge is 0.314 e. The van der Waals surface area contributed by atoms with Crippen LogP contribution in [0.15, 0.2) is 84.9 Å². The number of hydrogen-bond donors (Lipinski definition) is 0. The topological polar surface area (TPSA) is 108 Å². The van der Waals surface area contributed by atoms with Gasteiger partial charge < -0.3 is 37.9 Å². The Morgan fingerprint density at radius 3 is 1.20 bits per heavy atom. The molecule has 0 aliphatic heterocycles. The van der Waals surface area contributed by atoms with Gasteiger partial charge in [0.25, 0.3) is 0 Å². The van der Waals surface area contributed by atoms with Gasteiger partial charge in [-0.05, 0) is 85.3 Å². The summed E-state index contributed by atoms with van der Waals surface area (Å²) >= 11 is 0. The number of benzene rings is 4. The Morgan fingerprint density at radius 2 is 0.852 bits per heavy atom. The summed E-state index contributed by atoms with van der Waals surface area (Å²) in [6.45, 7) is 3.22. The molecule has 1 fully saturated rings. The zero-order valence-electron chi connectivity index (χ0n) is 30.6. The van der Waals surface area contributed by atoms with Crippen molar-refractivity contribution >= 4 is 11.9 Å². The lowest BCUT2D eigenvalue weighted by Gasteiger charge is -2.25. The van der Waals surface area contributed by atoms with E-state index in [1.165, 1.54) is 12.1 Å². The molecule has 1 saturated carbocycles. The predicted molar refractivity (Wildman–Crippen MR) is 197 cm³/mol. The molecule has 0 aromatic heterocycles. The number of hydrogen-bond acceptors (Lipinski definition) is 10. The average molecular weight is 749 g/mol. The van der Waals surface area contributed by atoms with Crippen molar-refractivity contribution in [3.05, 3.63) is 96.6 Å². The van der Waals surface area contributed by atoms with E-state index in [-0.39, 0.29) is 37.0 Å². The van der Waals surface area contributed by atoms with Gasteiger partial charge >= 0.3 is 11.9 Å². The third-order valence-corrected chi connectivity index (χ3v) is 8.90. The van der Waals surface area contributed by atoms with E-state index in [4.69, 9.17) is 37.9 Å². The van der Waals surface area contributed by atoms with Gasteiger partial charge in [-0.1, -0.05) is 24.3 Å². The second kappa shape index (κ2) is 21.1. The van der Waals surface area contributed by atoms with Crippen LogP contribution >= 0.6 is 0 Å². The Balaban J connectivity index is 1.03. The van der Waals surface area contributed by atoms with Gasteiger partial charge in [-0.25, -0.2) is 8.78 Å². The third kappa shape index (κ3) is 12.1. The quantitative estimate of drug-likeness (QED) is 0.0507.